The minimum absolute atomic E-state index is 0.0889. The predicted octanol–water partition coefficient (Wildman–Crippen LogP) is 7.08. The molecule has 0 aliphatic heterocycles. The van der Waals surface area contributed by atoms with Gasteiger partial charge in [0.25, 0.3) is 0 Å². The van der Waals surface area contributed by atoms with Crippen LogP contribution >= 0.6 is 15.9 Å². The van der Waals surface area contributed by atoms with Crippen molar-refractivity contribution < 1.29 is 19.4 Å². The number of anilines is 1. The molecule has 0 radical (unpaired) electrons. The zero-order valence-corrected chi connectivity index (χ0v) is 20.3. The highest BCUT2D eigenvalue weighted by molar-refractivity contribution is 9.10. The van der Waals surface area contributed by atoms with Crippen LogP contribution in [0.3, 0.4) is 0 Å². The van der Waals surface area contributed by atoms with Crippen LogP contribution in [0.4, 0.5) is 5.69 Å². The second-order valence-electron chi connectivity index (χ2n) is 8.25. The number of halogens is 1. The molecule has 0 saturated carbocycles. The molecule has 0 spiro atoms. The van der Waals surface area contributed by atoms with Crippen LogP contribution in [0.1, 0.15) is 53.6 Å². The SMILES string of the molecule is O=C(CCC1=C(c2cc(Br)ccc2OCc2ccccc2)CCC1)Nc1ccccc1C(=O)O. The molecular weight excluding hydrogens is 494 g/mol. The maximum absolute atomic E-state index is 12.6. The first-order valence-electron chi connectivity index (χ1n) is 11.3. The van der Waals surface area contributed by atoms with E-state index in [1.54, 1.807) is 18.2 Å². The van der Waals surface area contributed by atoms with Crippen LogP contribution < -0.4 is 10.1 Å². The van der Waals surface area contributed by atoms with Gasteiger partial charge in [0.15, 0.2) is 0 Å². The first-order valence-corrected chi connectivity index (χ1v) is 12.1. The van der Waals surface area contributed by atoms with E-state index < -0.39 is 5.97 Å². The van der Waals surface area contributed by atoms with Crippen LogP contribution in [0.5, 0.6) is 5.75 Å². The van der Waals surface area contributed by atoms with E-state index in [9.17, 15) is 14.7 Å². The summed E-state index contributed by atoms with van der Waals surface area (Å²) in [5, 5.41) is 12.1. The summed E-state index contributed by atoms with van der Waals surface area (Å²) in [4.78, 5) is 24.0. The Bertz CT molecular complexity index is 1220. The standard InChI is InChI=1S/C28H26BrNO4/c29-21-14-15-26(34-18-19-7-2-1-3-8-19)24(17-21)22-11-6-9-20(22)13-16-27(31)30-25-12-5-4-10-23(25)28(32)33/h1-5,7-8,10,12,14-15,17H,6,9,11,13,16,18H2,(H,30,31)(H,32,33). The quantitative estimate of drug-likeness (QED) is 0.316. The molecule has 0 heterocycles. The van der Waals surface area contributed by atoms with Gasteiger partial charge in [0.1, 0.15) is 12.4 Å². The lowest BCUT2D eigenvalue weighted by atomic mass is 9.98. The summed E-state index contributed by atoms with van der Waals surface area (Å²) >= 11 is 3.59. The van der Waals surface area contributed by atoms with Gasteiger partial charge < -0.3 is 15.2 Å². The maximum atomic E-state index is 12.6. The van der Waals surface area contributed by atoms with Crippen LogP contribution in [0, 0.1) is 0 Å². The van der Waals surface area contributed by atoms with Crippen LogP contribution in [0.25, 0.3) is 5.57 Å². The summed E-state index contributed by atoms with van der Waals surface area (Å²) < 4.78 is 7.17. The van der Waals surface area contributed by atoms with Crippen molar-refractivity contribution in [1.82, 2.24) is 0 Å². The van der Waals surface area contributed by atoms with Gasteiger partial charge in [-0.1, -0.05) is 64.0 Å². The summed E-state index contributed by atoms with van der Waals surface area (Å²) in [6.07, 6.45) is 3.84. The van der Waals surface area contributed by atoms with Gasteiger partial charge in [-0.3, -0.25) is 4.79 Å². The van der Waals surface area contributed by atoms with E-state index in [0.717, 1.165) is 40.6 Å². The van der Waals surface area contributed by atoms with Crippen LogP contribution in [-0.2, 0) is 11.4 Å². The Labute approximate surface area is 207 Å². The highest BCUT2D eigenvalue weighted by Crippen LogP contribution is 2.41. The third-order valence-corrected chi connectivity index (χ3v) is 6.41. The number of hydrogen-bond acceptors (Lipinski definition) is 3. The van der Waals surface area contributed by atoms with Gasteiger partial charge in [0.05, 0.1) is 11.3 Å². The van der Waals surface area contributed by atoms with E-state index in [0.29, 0.717) is 25.1 Å². The Hall–Kier alpha value is -3.38. The molecule has 174 valence electrons. The molecule has 6 heteroatoms. The van der Waals surface area contributed by atoms with Crippen molar-refractivity contribution in [2.45, 2.75) is 38.7 Å². The van der Waals surface area contributed by atoms with Crippen LogP contribution in [0.2, 0.25) is 0 Å². The molecule has 1 aliphatic rings. The van der Waals surface area contributed by atoms with E-state index in [4.69, 9.17) is 4.74 Å². The Kier molecular flexibility index (Phi) is 7.80. The number of carboxylic acid groups (broad SMARTS) is 1. The summed E-state index contributed by atoms with van der Waals surface area (Å²) in [7, 11) is 0. The lowest BCUT2D eigenvalue weighted by Gasteiger charge is -2.15. The van der Waals surface area contributed by atoms with Gasteiger partial charge in [-0.05, 0) is 67.2 Å². The number of carbonyl (C=O) groups excluding carboxylic acids is 1. The first kappa shape index (κ1) is 23.8. The average molecular weight is 520 g/mol. The van der Waals surface area contributed by atoms with Crippen molar-refractivity contribution >= 4 is 39.1 Å². The smallest absolute Gasteiger partial charge is 0.337 e. The third-order valence-electron chi connectivity index (χ3n) is 5.92. The van der Waals surface area contributed by atoms with Crippen molar-refractivity contribution in [2.24, 2.45) is 0 Å². The number of hydrogen-bond donors (Lipinski definition) is 2. The molecule has 0 unspecified atom stereocenters. The normalized spacial score (nSPS) is 13.1. The largest absolute Gasteiger partial charge is 0.488 e. The number of allylic oxidation sites excluding steroid dienone is 2. The van der Waals surface area contributed by atoms with Gasteiger partial charge in [-0.25, -0.2) is 4.79 Å². The molecular formula is C28H26BrNO4. The van der Waals surface area contributed by atoms with Crippen LogP contribution in [-0.4, -0.2) is 17.0 Å². The molecule has 34 heavy (non-hydrogen) atoms. The zero-order chi connectivity index (χ0) is 23.9. The Morgan fingerprint density at radius 3 is 2.53 bits per heavy atom. The molecule has 1 amide bonds. The van der Waals surface area contributed by atoms with Gasteiger partial charge in [-0.2, -0.15) is 0 Å². The number of nitrogens with one attached hydrogen (secondary N) is 1. The van der Waals surface area contributed by atoms with Crippen LogP contribution in [0.15, 0.2) is 82.8 Å². The predicted molar refractivity (Wildman–Crippen MR) is 137 cm³/mol. The molecule has 3 aromatic carbocycles. The maximum Gasteiger partial charge on any atom is 0.337 e. The minimum Gasteiger partial charge on any atom is -0.488 e. The minimum atomic E-state index is -1.06. The Morgan fingerprint density at radius 2 is 1.74 bits per heavy atom. The molecule has 2 N–H and O–H groups in total. The molecule has 0 fully saturated rings. The molecule has 5 nitrogen and oxygen atoms in total. The fraction of sp³-hybridized carbons (Fsp3) is 0.214. The number of ether oxygens (including phenoxy) is 1. The summed E-state index contributed by atoms with van der Waals surface area (Å²) in [5.74, 6) is -0.419. The molecule has 1 aliphatic carbocycles. The van der Waals surface area contributed by atoms with E-state index in [1.165, 1.54) is 17.2 Å². The van der Waals surface area contributed by atoms with Gasteiger partial charge >= 0.3 is 5.97 Å². The van der Waals surface area contributed by atoms with E-state index >= 15 is 0 Å². The Balaban J connectivity index is 1.48. The highest BCUT2D eigenvalue weighted by Gasteiger charge is 2.21. The second kappa shape index (κ2) is 11.2. The van der Waals surface area contributed by atoms with Gasteiger partial charge in [0.2, 0.25) is 5.91 Å². The monoisotopic (exact) mass is 519 g/mol. The molecule has 0 aromatic heterocycles. The van der Waals surface area contributed by atoms with Gasteiger partial charge in [0, 0.05) is 16.5 Å². The molecule has 0 atom stereocenters. The van der Waals surface area contributed by atoms with Crippen molar-refractivity contribution in [1.29, 1.82) is 0 Å². The molecule has 3 aromatic rings. The van der Waals surface area contributed by atoms with Gasteiger partial charge in [-0.15, -0.1) is 0 Å². The summed E-state index contributed by atoms with van der Waals surface area (Å²) in [6, 6.07) is 22.6. The number of aromatic carboxylic acids is 1. The lowest BCUT2D eigenvalue weighted by Crippen LogP contribution is -2.14. The first-order chi connectivity index (χ1) is 16.5. The van der Waals surface area contributed by atoms with Crippen molar-refractivity contribution in [3.63, 3.8) is 0 Å². The lowest BCUT2D eigenvalue weighted by molar-refractivity contribution is -0.116. The van der Waals surface area contributed by atoms with E-state index in [2.05, 4.69) is 27.3 Å². The number of amides is 1. The van der Waals surface area contributed by atoms with Crippen molar-refractivity contribution in [3.05, 3.63) is 99.5 Å². The fourth-order valence-electron chi connectivity index (χ4n) is 4.26. The number of carboxylic acids is 1. The molecule has 4 rings (SSSR count). The second-order valence-corrected chi connectivity index (χ2v) is 9.17. The third kappa shape index (κ3) is 5.94. The number of carbonyl (C=O) groups is 2. The van der Waals surface area contributed by atoms with Crippen molar-refractivity contribution in [2.75, 3.05) is 5.32 Å². The van der Waals surface area contributed by atoms with E-state index in [-0.39, 0.29) is 11.5 Å². The molecule has 0 saturated heterocycles. The zero-order valence-electron chi connectivity index (χ0n) is 18.7. The van der Waals surface area contributed by atoms with Crippen molar-refractivity contribution in [3.8, 4) is 5.75 Å². The summed E-state index contributed by atoms with van der Waals surface area (Å²) in [5.41, 5.74) is 5.08. The van der Waals surface area contributed by atoms with E-state index in [1.807, 2.05) is 42.5 Å². The number of rotatable bonds is 9. The topological polar surface area (TPSA) is 75.6 Å². The number of para-hydroxylation sites is 1. The number of benzene rings is 3. The molecule has 0 bridgehead atoms. The average Bonchev–Trinajstić information content (AvgIpc) is 3.31. The fourth-order valence-corrected chi connectivity index (χ4v) is 4.62. The highest BCUT2D eigenvalue weighted by atomic mass is 79.9. The summed E-state index contributed by atoms with van der Waals surface area (Å²) in [6.45, 7) is 0.490. The Morgan fingerprint density at radius 1 is 0.971 bits per heavy atom.